The average Bonchev–Trinajstić information content (AvgIpc) is 3.50. The Morgan fingerprint density at radius 2 is 1.67 bits per heavy atom. The van der Waals surface area contributed by atoms with Gasteiger partial charge in [-0.15, -0.1) is 23.1 Å². The number of carbonyl (C=O) groups is 2. The van der Waals surface area contributed by atoms with Crippen molar-refractivity contribution >= 4 is 40.5 Å². The maximum atomic E-state index is 13.2. The molecule has 1 aromatic heterocycles. The largest absolute Gasteiger partial charge is 0.479 e. The zero-order chi connectivity index (χ0) is 35.1. The van der Waals surface area contributed by atoms with Crippen LogP contribution in [0.1, 0.15) is 59.8 Å². The number of aromatic nitrogens is 1. The third kappa shape index (κ3) is 9.43. The summed E-state index contributed by atoms with van der Waals surface area (Å²) in [6, 6.07) is 18.8. The second-order valence-corrected chi connectivity index (χ2v) is 13.9. The van der Waals surface area contributed by atoms with E-state index in [9.17, 15) is 22.8 Å². The van der Waals surface area contributed by atoms with E-state index in [4.69, 9.17) is 14.5 Å². The minimum atomic E-state index is -4.40. The number of thiazole rings is 1. The number of ketones is 1. The highest BCUT2D eigenvalue weighted by molar-refractivity contribution is 7.98. The number of ether oxygens (including phenoxy) is 2. The van der Waals surface area contributed by atoms with Crippen molar-refractivity contribution in [3.05, 3.63) is 94.0 Å². The van der Waals surface area contributed by atoms with Gasteiger partial charge in [-0.3, -0.25) is 9.69 Å². The first-order valence-corrected chi connectivity index (χ1v) is 18.1. The van der Waals surface area contributed by atoms with Crippen molar-refractivity contribution in [2.75, 3.05) is 37.7 Å². The summed E-state index contributed by atoms with van der Waals surface area (Å²) in [5.74, 6) is 0.916. The molecule has 260 valence electrons. The summed E-state index contributed by atoms with van der Waals surface area (Å²) in [5.41, 5.74) is 3.64. The topological polar surface area (TPSA) is 72.0 Å². The number of hydrogen-bond donors (Lipinski definition) is 0. The summed E-state index contributed by atoms with van der Waals surface area (Å²) in [6.45, 7) is 11.2. The number of hydrogen-bond acceptors (Lipinski definition) is 9. The van der Waals surface area contributed by atoms with E-state index in [-0.39, 0.29) is 12.4 Å². The molecule has 1 unspecified atom stereocenters. The molecule has 1 saturated heterocycles. The van der Waals surface area contributed by atoms with Crippen LogP contribution in [0.25, 0.3) is 10.6 Å². The first kappa shape index (κ1) is 36.4. The maximum absolute atomic E-state index is 13.2. The van der Waals surface area contributed by atoms with Crippen molar-refractivity contribution in [1.82, 2.24) is 9.88 Å². The minimum absolute atomic E-state index is 0.0433. The predicted molar refractivity (Wildman–Crippen MR) is 189 cm³/mol. The van der Waals surface area contributed by atoms with Gasteiger partial charge < -0.3 is 14.4 Å². The number of halogens is 3. The second-order valence-electron chi connectivity index (χ2n) is 11.8. The fourth-order valence-corrected chi connectivity index (χ4v) is 7.65. The first-order valence-electron chi connectivity index (χ1n) is 16.3. The van der Waals surface area contributed by atoms with Gasteiger partial charge in [0.15, 0.2) is 11.9 Å². The number of nitrogens with zero attached hydrogens (tertiary/aromatic N) is 3. The highest BCUT2D eigenvalue weighted by Gasteiger charge is 2.30. The molecule has 5 rings (SSSR count). The van der Waals surface area contributed by atoms with Crippen LogP contribution in [0.5, 0.6) is 5.75 Å². The summed E-state index contributed by atoms with van der Waals surface area (Å²) in [5, 5.41) is 0.689. The van der Waals surface area contributed by atoms with Crippen LogP contribution in [-0.2, 0) is 34.4 Å². The Hall–Kier alpha value is -3.87. The predicted octanol–water partition coefficient (Wildman–Crippen LogP) is 8.54. The summed E-state index contributed by atoms with van der Waals surface area (Å²) in [7, 11) is 0. The quantitative estimate of drug-likeness (QED) is 0.0777. The van der Waals surface area contributed by atoms with Crippen molar-refractivity contribution in [3.63, 3.8) is 0 Å². The zero-order valence-corrected chi connectivity index (χ0v) is 29.6. The van der Waals surface area contributed by atoms with Crippen LogP contribution in [0.4, 0.5) is 18.9 Å². The van der Waals surface area contributed by atoms with E-state index in [0.717, 1.165) is 71.4 Å². The fraction of sp³-hybridized carbons (Fsp3) is 0.378. The van der Waals surface area contributed by atoms with Crippen LogP contribution in [0.3, 0.4) is 0 Å². The summed E-state index contributed by atoms with van der Waals surface area (Å²) >= 11 is 3.17. The van der Waals surface area contributed by atoms with Crippen LogP contribution < -0.4 is 9.64 Å². The number of thioether (sulfide) groups is 1. The molecule has 4 aromatic rings. The molecule has 1 atom stereocenters. The average molecular weight is 712 g/mol. The number of benzene rings is 3. The van der Waals surface area contributed by atoms with Crippen molar-refractivity contribution in [3.8, 4) is 16.3 Å². The van der Waals surface area contributed by atoms with E-state index in [1.807, 2.05) is 43.3 Å². The van der Waals surface area contributed by atoms with Gasteiger partial charge in [-0.1, -0.05) is 19.1 Å². The Labute approximate surface area is 293 Å². The Morgan fingerprint density at radius 3 is 2.29 bits per heavy atom. The molecule has 0 N–H and O–H groups in total. The molecule has 3 aromatic carbocycles. The molecule has 0 spiro atoms. The molecule has 7 nitrogen and oxygen atoms in total. The third-order valence-corrected chi connectivity index (χ3v) is 10.7. The van der Waals surface area contributed by atoms with E-state index in [1.54, 1.807) is 32.5 Å². The fourth-order valence-electron chi connectivity index (χ4n) is 5.51. The highest BCUT2D eigenvalue weighted by Crippen LogP contribution is 2.37. The van der Waals surface area contributed by atoms with Crippen molar-refractivity contribution < 1.29 is 32.2 Å². The van der Waals surface area contributed by atoms with E-state index in [2.05, 4.69) is 15.9 Å². The number of aryl methyl sites for hydroxylation is 1. The van der Waals surface area contributed by atoms with E-state index in [0.29, 0.717) is 34.2 Å². The van der Waals surface area contributed by atoms with Crippen molar-refractivity contribution in [2.45, 2.75) is 63.6 Å². The molecule has 49 heavy (non-hydrogen) atoms. The van der Waals surface area contributed by atoms with Gasteiger partial charge in [0.25, 0.3) is 0 Å². The molecule has 1 aliphatic rings. The molecule has 12 heteroatoms. The number of carbonyl (C=O) groups excluding carboxylic acids is 2. The molecule has 1 fully saturated rings. The van der Waals surface area contributed by atoms with E-state index in [1.165, 1.54) is 23.5 Å². The number of anilines is 1. The number of esters is 1. The van der Waals surface area contributed by atoms with Gasteiger partial charge in [0.2, 0.25) is 0 Å². The molecule has 0 aliphatic carbocycles. The van der Waals surface area contributed by atoms with E-state index < -0.39 is 23.8 Å². The molecular formula is C37H40F3N3O4S2. The van der Waals surface area contributed by atoms with Crippen molar-refractivity contribution in [1.29, 1.82) is 0 Å². The molecule has 0 bridgehead atoms. The Morgan fingerprint density at radius 1 is 0.980 bits per heavy atom. The molecule has 2 heterocycles. The van der Waals surface area contributed by atoms with Gasteiger partial charge in [-0.05, 0) is 87.4 Å². The Kier molecular flexibility index (Phi) is 12.1. The van der Waals surface area contributed by atoms with Crippen LogP contribution in [0.2, 0.25) is 0 Å². The lowest BCUT2D eigenvalue weighted by atomic mass is 10.1. The smallest absolute Gasteiger partial charge is 0.416 e. The van der Waals surface area contributed by atoms with Gasteiger partial charge in [0, 0.05) is 65.1 Å². The zero-order valence-electron chi connectivity index (χ0n) is 28.0. The lowest BCUT2D eigenvalue weighted by Gasteiger charge is -2.36. The van der Waals surface area contributed by atoms with Gasteiger partial charge in [0.05, 0.1) is 17.9 Å². The Balaban J connectivity index is 1.31. The summed E-state index contributed by atoms with van der Waals surface area (Å²) < 4.78 is 50.7. The number of piperazine rings is 1. The van der Waals surface area contributed by atoms with Gasteiger partial charge in [0.1, 0.15) is 10.8 Å². The second kappa shape index (κ2) is 16.2. The highest BCUT2D eigenvalue weighted by atomic mass is 32.2. The SMILES string of the molecule is CCOC(=O)C(C)Oc1ccc(SCc2sc(-c3ccc(C(F)(F)F)cc3)nc2CN2CCN(c3ccc(C(C)=O)cc3)CC2)cc1CC. The molecule has 0 radical (unpaired) electrons. The number of Topliss-reactive ketones (excluding diaryl/α,β-unsaturated/α-hetero) is 1. The van der Waals surface area contributed by atoms with Gasteiger partial charge >= 0.3 is 12.1 Å². The molecule has 0 amide bonds. The van der Waals surface area contributed by atoms with Crippen molar-refractivity contribution in [2.24, 2.45) is 0 Å². The van der Waals surface area contributed by atoms with Crippen LogP contribution >= 0.6 is 23.1 Å². The summed E-state index contributed by atoms with van der Waals surface area (Å²) in [6.07, 6.45) is -4.40. The summed E-state index contributed by atoms with van der Waals surface area (Å²) in [4.78, 5) is 35.5. The van der Waals surface area contributed by atoms with E-state index >= 15 is 0 Å². The maximum Gasteiger partial charge on any atom is 0.416 e. The number of rotatable bonds is 13. The van der Waals surface area contributed by atoms with Crippen LogP contribution in [-0.4, -0.2) is 60.5 Å². The lowest BCUT2D eigenvalue weighted by Crippen LogP contribution is -2.46. The standard InChI is InChI=1S/C37H40F3N3O4S2/c1-5-26-21-31(15-16-33(26)47-25(4)36(45)46-6-2)48-23-34-32(41-35(49-34)28-7-11-29(12-8-28)37(38,39)40)22-42-17-19-43(20-18-42)30-13-9-27(10-14-30)24(3)44/h7-16,21,25H,5-6,17-20,22-23H2,1-4H3. The number of alkyl halides is 3. The molecular weight excluding hydrogens is 672 g/mol. The van der Waals surface area contributed by atoms with Gasteiger partial charge in [-0.25, -0.2) is 9.78 Å². The third-order valence-electron chi connectivity index (χ3n) is 8.33. The molecule has 0 saturated carbocycles. The first-order chi connectivity index (χ1) is 23.4. The molecule has 1 aliphatic heterocycles. The minimum Gasteiger partial charge on any atom is -0.479 e. The van der Waals surface area contributed by atoms with Crippen LogP contribution in [0, 0.1) is 0 Å². The lowest BCUT2D eigenvalue weighted by molar-refractivity contribution is -0.150. The van der Waals surface area contributed by atoms with Crippen LogP contribution in [0.15, 0.2) is 71.6 Å². The monoisotopic (exact) mass is 711 g/mol. The normalized spacial score (nSPS) is 14.5. The Bertz CT molecular complexity index is 1740. The van der Waals surface area contributed by atoms with Gasteiger partial charge in [-0.2, -0.15) is 13.2 Å².